The Morgan fingerprint density at radius 3 is 2.87 bits per heavy atom. The predicted molar refractivity (Wildman–Crippen MR) is 83.7 cm³/mol. The summed E-state index contributed by atoms with van der Waals surface area (Å²) < 4.78 is 5.74. The second kappa shape index (κ2) is 6.20. The molecule has 3 aliphatic rings. The van der Waals surface area contributed by atoms with Crippen molar-refractivity contribution in [1.29, 1.82) is 0 Å². The fourth-order valence-corrected chi connectivity index (χ4v) is 3.19. The Bertz CT molecular complexity index is 567. The third-order valence-corrected chi connectivity index (χ3v) is 4.97. The second-order valence-electron chi connectivity index (χ2n) is 7.24. The minimum atomic E-state index is 0.168. The first-order valence-corrected chi connectivity index (χ1v) is 8.71. The van der Waals surface area contributed by atoms with Gasteiger partial charge in [0.1, 0.15) is 0 Å². The highest BCUT2D eigenvalue weighted by atomic mass is 16.4. The summed E-state index contributed by atoms with van der Waals surface area (Å²) in [6.45, 7) is 3.11. The first-order valence-electron chi connectivity index (χ1n) is 8.71. The molecule has 1 aromatic heterocycles. The van der Waals surface area contributed by atoms with Crippen molar-refractivity contribution in [2.24, 2.45) is 0 Å². The largest absolute Gasteiger partial charge is 0.424 e. The van der Waals surface area contributed by atoms with Gasteiger partial charge >= 0.3 is 0 Å². The molecule has 1 unspecified atom stereocenters. The Hall–Kier alpha value is -1.47. The van der Waals surface area contributed by atoms with Gasteiger partial charge in [-0.15, -0.1) is 10.2 Å². The van der Waals surface area contributed by atoms with Crippen molar-refractivity contribution in [3.8, 4) is 0 Å². The molecule has 3 fully saturated rings. The summed E-state index contributed by atoms with van der Waals surface area (Å²) >= 11 is 0. The van der Waals surface area contributed by atoms with Gasteiger partial charge in [0.2, 0.25) is 17.7 Å². The van der Waals surface area contributed by atoms with Crippen LogP contribution in [0.4, 0.5) is 0 Å². The molecular weight excluding hydrogens is 294 g/mol. The number of nitrogens with one attached hydrogen (secondary N) is 1. The van der Waals surface area contributed by atoms with Crippen LogP contribution in [-0.4, -0.2) is 64.7 Å². The quantitative estimate of drug-likeness (QED) is 0.799. The van der Waals surface area contributed by atoms with Gasteiger partial charge in [0, 0.05) is 31.1 Å². The zero-order valence-corrected chi connectivity index (χ0v) is 13.7. The molecule has 7 heteroatoms. The van der Waals surface area contributed by atoms with Crippen LogP contribution in [-0.2, 0) is 11.3 Å². The van der Waals surface area contributed by atoms with Crippen LogP contribution in [0.1, 0.15) is 49.8 Å². The van der Waals surface area contributed by atoms with Crippen LogP contribution in [0.2, 0.25) is 0 Å². The van der Waals surface area contributed by atoms with E-state index in [0.717, 1.165) is 38.2 Å². The molecular formula is C16H25N5O2. The molecule has 2 aliphatic carbocycles. The fourth-order valence-electron chi connectivity index (χ4n) is 3.19. The van der Waals surface area contributed by atoms with Crippen LogP contribution in [0.15, 0.2) is 4.42 Å². The van der Waals surface area contributed by atoms with E-state index in [0.29, 0.717) is 37.0 Å². The Morgan fingerprint density at radius 2 is 2.13 bits per heavy atom. The van der Waals surface area contributed by atoms with Gasteiger partial charge in [0.15, 0.2) is 0 Å². The number of hydrogen-bond donors (Lipinski definition) is 1. The highest BCUT2D eigenvalue weighted by Crippen LogP contribution is 2.39. The molecule has 7 nitrogen and oxygen atoms in total. The van der Waals surface area contributed by atoms with Gasteiger partial charge in [0.25, 0.3) is 0 Å². The van der Waals surface area contributed by atoms with Gasteiger partial charge in [-0.3, -0.25) is 14.6 Å². The third kappa shape index (κ3) is 3.90. The van der Waals surface area contributed by atoms with Crippen LogP contribution in [0.5, 0.6) is 0 Å². The Balaban J connectivity index is 1.23. The average molecular weight is 319 g/mol. The lowest BCUT2D eigenvalue weighted by Crippen LogP contribution is -2.39. The lowest BCUT2D eigenvalue weighted by Gasteiger charge is -2.23. The van der Waals surface area contributed by atoms with Crippen LogP contribution in [0.3, 0.4) is 0 Å². The number of nitrogens with zero attached hydrogens (tertiary/aromatic N) is 4. The monoisotopic (exact) mass is 319 g/mol. The number of carbonyl (C=O) groups excluding carboxylic acids is 1. The van der Waals surface area contributed by atoms with Crippen molar-refractivity contribution in [1.82, 2.24) is 25.3 Å². The lowest BCUT2D eigenvalue weighted by atomic mass is 10.2. The predicted octanol–water partition coefficient (Wildman–Crippen LogP) is 0.732. The summed E-state index contributed by atoms with van der Waals surface area (Å²) in [5.74, 6) is 2.19. The number of aromatic nitrogens is 2. The van der Waals surface area contributed by atoms with Crippen molar-refractivity contribution in [3.63, 3.8) is 0 Å². The van der Waals surface area contributed by atoms with E-state index >= 15 is 0 Å². The van der Waals surface area contributed by atoms with Crippen LogP contribution >= 0.6 is 0 Å². The minimum Gasteiger partial charge on any atom is -0.424 e. The van der Waals surface area contributed by atoms with E-state index in [4.69, 9.17) is 4.42 Å². The van der Waals surface area contributed by atoms with Crippen molar-refractivity contribution in [3.05, 3.63) is 11.8 Å². The molecule has 1 aliphatic heterocycles. The van der Waals surface area contributed by atoms with E-state index in [1.807, 2.05) is 0 Å². The number of amides is 1. The molecule has 0 radical (unpaired) electrons. The zero-order chi connectivity index (χ0) is 15.8. The lowest BCUT2D eigenvalue weighted by molar-refractivity contribution is -0.122. The zero-order valence-electron chi connectivity index (χ0n) is 13.7. The molecule has 1 N–H and O–H groups in total. The summed E-state index contributed by atoms with van der Waals surface area (Å²) in [5.41, 5.74) is 0. The van der Waals surface area contributed by atoms with Crippen LogP contribution in [0, 0.1) is 0 Å². The molecule has 2 heterocycles. The van der Waals surface area contributed by atoms with E-state index < -0.39 is 0 Å². The number of rotatable bonds is 7. The molecule has 0 bridgehead atoms. The summed E-state index contributed by atoms with van der Waals surface area (Å²) in [6, 6.07) is 0.891. The van der Waals surface area contributed by atoms with Gasteiger partial charge in [-0.05, 0) is 39.2 Å². The van der Waals surface area contributed by atoms with Crippen molar-refractivity contribution in [2.45, 2.75) is 56.7 Å². The summed E-state index contributed by atoms with van der Waals surface area (Å²) in [5, 5.41) is 11.4. The van der Waals surface area contributed by atoms with E-state index in [1.54, 1.807) is 0 Å². The van der Waals surface area contributed by atoms with Gasteiger partial charge in [-0.25, -0.2) is 0 Å². The molecule has 1 atom stereocenters. The number of likely N-dealkylation sites (N-methyl/N-ethyl adjacent to an activating group) is 1. The van der Waals surface area contributed by atoms with Crippen molar-refractivity contribution >= 4 is 5.91 Å². The summed E-state index contributed by atoms with van der Waals surface area (Å²) in [7, 11) is 2.10. The maximum Gasteiger partial charge on any atom is 0.234 e. The third-order valence-electron chi connectivity index (χ3n) is 4.97. The minimum absolute atomic E-state index is 0.168. The van der Waals surface area contributed by atoms with E-state index in [9.17, 15) is 4.79 Å². The normalized spacial score (nSPS) is 25.2. The molecule has 0 aromatic carbocycles. The van der Waals surface area contributed by atoms with E-state index in [2.05, 4.69) is 32.4 Å². The van der Waals surface area contributed by atoms with E-state index in [-0.39, 0.29) is 5.91 Å². The number of likely N-dealkylation sites (tertiary alicyclic amines) is 1. The summed E-state index contributed by atoms with van der Waals surface area (Å²) in [4.78, 5) is 16.4. The topological polar surface area (TPSA) is 74.5 Å². The fraction of sp³-hybridized carbons (Fsp3) is 0.812. The van der Waals surface area contributed by atoms with Gasteiger partial charge in [0.05, 0.1) is 13.1 Å². The Labute approximate surface area is 136 Å². The summed E-state index contributed by atoms with van der Waals surface area (Å²) in [6.07, 6.45) is 5.72. The van der Waals surface area contributed by atoms with Gasteiger partial charge in [-0.2, -0.15) is 0 Å². The standard InChI is InChI=1S/C16H25N5O2/c1-20(10-15-18-19-16(23-15)11-2-3-11)13-6-7-21(8-13)9-14(22)17-12-4-5-12/h11-13H,2-10H2,1H3,(H,17,22). The average Bonchev–Trinajstić information content (AvgIpc) is 3.43. The molecule has 126 valence electrons. The maximum atomic E-state index is 11.9. The molecule has 0 spiro atoms. The van der Waals surface area contributed by atoms with Gasteiger partial charge < -0.3 is 9.73 Å². The highest BCUT2D eigenvalue weighted by molar-refractivity contribution is 5.78. The van der Waals surface area contributed by atoms with Crippen LogP contribution in [0.25, 0.3) is 0 Å². The Morgan fingerprint density at radius 1 is 1.30 bits per heavy atom. The highest BCUT2D eigenvalue weighted by Gasteiger charge is 2.31. The SMILES string of the molecule is CN(Cc1nnc(C2CC2)o1)C1CCN(CC(=O)NC2CC2)C1. The molecule has 4 rings (SSSR count). The number of hydrogen-bond acceptors (Lipinski definition) is 6. The smallest absolute Gasteiger partial charge is 0.234 e. The number of carbonyl (C=O) groups is 1. The molecule has 1 aromatic rings. The first kappa shape index (κ1) is 15.1. The first-order chi connectivity index (χ1) is 11.2. The van der Waals surface area contributed by atoms with Crippen molar-refractivity contribution in [2.75, 3.05) is 26.7 Å². The van der Waals surface area contributed by atoms with E-state index in [1.165, 1.54) is 12.8 Å². The van der Waals surface area contributed by atoms with Crippen LogP contribution < -0.4 is 5.32 Å². The second-order valence-corrected chi connectivity index (χ2v) is 7.24. The molecule has 1 amide bonds. The van der Waals surface area contributed by atoms with Crippen molar-refractivity contribution < 1.29 is 9.21 Å². The molecule has 2 saturated carbocycles. The molecule has 23 heavy (non-hydrogen) atoms. The van der Waals surface area contributed by atoms with Gasteiger partial charge in [-0.1, -0.05) is 0 Å². The maximum absolute atomic E-state index is 11.9. The molecule has 1 saturated heterocycles. The Kier molecular flexibility index (Phi) is 4.07.